The minimum Gasteiger partial charge on any atom is -0.392 e. The minimum atomic E-state index is -0.234. The van der Waals surface area contributed by atoms with Crippen LogP contribution < -0.4 is 5.32 Å². The third-order valence-electron chi connectivity index (χ3n) is 1.18. The normalized spacial score (nSPS) is 14.1. The van der Waals surface area contributed by atoms with Crippen LogP contribution in [0.2, 0.25) is 0 Å². The zero-order valence-electron chi connectivity index (χ0n) is 7.09. The molecule has 0 bridgehead atoms. The van der Waals surface area contributed by atoms with Crippen LogP contribution in [-0.2, 0) is 0 Å². The van der Waals surface area contributed by atoms with E-state index >= 15 is 0 Å². The Bertz CT molecular complexity index is 64.0. The van der Waals surface area contributed by atoms with E-state index in [-0.39, 0.29) is 6.10 Å². The molecule has 3 heteroatoms. The molecular formula is C7H18N2O. The number of aliphatic hydroxyl groups is 1. The van der Waals surface area contributed by atoms with Gasteiger partial charge in [0.15, 0.2) is 0 Å². The van der Waals surface area contributed by atoms with E-state index in [9.17, 15) is 0 Å². The van der Waals surface area contributed by atoms with E-state index in [2.05, 4.69) is 10.2 Å². The van der Waals surface area contributed by atoms with E-state index in [0.717, 1.165) is 13.1 Å². The first-order chi connectivity index (χ1) is 4.63. The van der Waals surface area contributed by atoms with Crippen LogP contribution in [0.3, 0.4) is 0 Å². The van der Waals surface area contributed by atoms with Gasteiger partial charge < -0.3 is 15.3 Å². The van der Waals surface area contributed by atoms with Gasteiger partial charge in [-0.25, -0.2) is 0 Å². The molecule has 62 valence electrons. The van der Waals surface area contributed by atoms with Gasteiger partial charge in [0.1, 0.15) is 0 Å². The summed E-state index contributed by atoms with van der Waals surface area (Å²) in [6, 6.07) is 0. The van der Waals surface area contributed by atoms with Crippen LogP contribution >= 0.6 is 0 Å². The zero-order valence-corrected chi connectivity index (χ0v) is 7.09. The van der Waals surface area contributed by atoms with E-state index < -0.39 is 0 Å². The summed E-state index contributed by atoms with van der Waals surface area (Å²) >= 11 is 0. The molecule has 0 spiro atoms. The van der Waals surface area contributed by atoms with Crippen molar-refractivity contribution < 1.29 is 5.11 Å². The van der Waals surface area contributed by atoms with Crippen LogP contribution in [0.4, 0.5) is 0 Å². The highest BCUT2D eigenvalue weighted by molar-refractivity contribution is 4.53. The topological polar surface area (TPSA) is 35.5 Å². The van der Waals surface area contributed by atoms with Crippen LogP contribution in [0.5, 0.6) is 0 Å². The molecule has 1 atom stereocenters. The summed E-state index contributed by atoms with van der Waals surface area (Å²) in [5.41, 5.74) is 0. The predicted octanol–water partition coefficient (Wildman–Crippen LogP) is -0.482. The van der Waals surface area contributed by atoms with E-state index in [4.69, 9.17) is 5.11 Å². The summed E-state index contributed by atoms with van der Waals surface area (Å²) in [6.07, 6.45) is -0.234. The van der Waals surface area contributed by atoms with Crippen molar-refractivity contribution in [3.8, 4) is 0 Å². The summed E-state index contributed by atoms with van der Waals surface area (Å²) in [5, 5.41) is 12.0. The lowest BCUT2D eigenvalue weighted by atomic mass is 10.4. The molecule has 0 radical (unpaired) electrons. The van der Waals surface area contributed by atoms with Gasteiger partial charge in [0.2, 0.25) is 0 Å². The van der Waals surface area contributed by atoms with Crippen molar-refractivity contribution in [2.75, 3.05) is 33.7 Å². The first-order valence-corrected chi connectivity index (χ1v) is 3.66. The molecule has 0 amide bonds. The lowest BCUT2D eigenvalue weighted by Crippen LogP contribution is -2.31. The Balaban J connectivity index is 2.91. The molecule has 3 nitrogen and oxygen atoms in total. The minimum absolute atomic E-state index is 0.234. The van der Waals surface area contributed by atoms with E-state index in [1.807, 2.05) is 14.1 Å². The van der Waals surface area contributed by atoms with Gasteiger partial charge in [-0.2, -0.15) is 0 Å². The molecule has 0 aromatic rings. The van der Waals surface area contributed by atoms with Crippen LogP contribution in [0.25, 0.3) is 0 Å². The highest BCUT2D eigenvalue weighted by atomic mass is 16.3. The van der Waals surface area contributed by atoms with E-state index in [0.29, 0.717) is 6.54 Å². The third kappa shape index (κ3) is 7.88. The second-order valence-electron chi connectivity index (χ2n) is 2.86. The Kier molecular flexibility index (Phi) is 5.58. The SMILES string of the molecule is C[C@H](O)CNCCN(C)C. The fraction of sp³-hybridized carbons (Fsp3) is 1.00. The Labute approximate surface area is 63.0 Å². The molecule has 0 aliphatic carbocycles. The number of likely N-dealkylation sites (N-methyl/N-ethyl adjacent to an activating group) is 1. The standard InChI is InChI=1S/C7H18N2O/c1-7(10)6-8-4-5-9(2)3/h7-8,10H,4-6H2,1-3H3/t7-/m0/s1. The molecular weight excluding hydrogens is 128 g/mol. The van der Waals surface area contributed by atoms with Gasteiger partial charge >= 0.3 is 0 Å². The number of rotatable bonds is 5. The van der Waals surface area contributed by atoms with Crippen molar-refractivity contribution in [2.45, 2.75) is 13.0 Å². The first-order valence-electron chi connectivity index (χ1n) is 3.66. The van der Waals surface area contributed by atoms with Crippen LogP contribution in [0.1, 0.15) is 6.92 Å². The van der Waals surface area contributed by atoms with Gasteiger partial charge in [-0.3, -0.25) is 0 Å². The highest BCUT2D eigenvalue weighted by Crippen LogP contribution is 1.75. The number of nitrogens with zero attached hydrogens (tertiary/aromatic N) is 1. The number of hydrogen-bond acceptors (Lipinski definition) is 3. The summed E-state index contributed by atoms with van der Waals surface area (Å²) in [5.74, 6) is 0. The van der Waals surface area contributed by atoms with Gasteiger partial charge in [-0.15, -0.1) is 0 Å². The van der Waals surface area contributed by atoms with Crippen LogP contribution in [0, 0.1) is 0 Å². The Morgan fingerprint density at radius 2 is 2.10 bits per heavy atom. The molecule has 0 saturated heterocycles. The lowest BCUT2D eigenvalue weighted by Gasteiger charge is -2.10. The molecule has 10 heavy (non-hydrogen) atoms. The van der Waals surface area contributed by atoms with Crippen molar-refractivity contribution in [3.63, 3.8) is 0 Å². The van der Waals surface area contributed by atoms with Crippen molar-refractivity contribution in [1.82, 2.24) is 10.2 Å². The van der Waals surface area contributed by atoms with Crippen molar-refractivity contribution in [3.05, 3.63) is 0 Å². The largest absolute Gasteiger partial charge is 0.392 e. The van der Waals surface area contributed by atoms with Gasteiger partial charge in [0, 0.05) is 19.6 Å². The second kappa shape index (κ2) is 5.65. The van der Waals surface area contributed by atoms with Gasteiger partial charge in [0.25, 0.3) is 0 Å². The molecule has 0 aromatic carbocycles. The predicted molar refractivity (Wildman–Crippen MR) is 43.1 cm³/mol. The molecule has 0 fully saturated rings. The van der Waals surface area contributed by atoms with Crippen molar-refractivity contribution in [1.29, 1.82) is 0 Å². The summed E-state index contributed by atoms with van der Waals surface area (Å²) in [6.45, 7) is 4.43. The van der Waals surface area contributed by atoms with Gasteiger partial charge in [-0.05, 0) is 21.0 Å². The third-order valence-corrected chi connectivity index (χ3v) is 1.18. The maximum atomic E-state index is 8.84. The number of aliphatic hydroxyl groups excluding tert-OH is 1. The van der Waals surface area contributed by atoms with Crippen LogP contribution in [-0.4, -0.2) is 49.8 Å². The summed E-state index contributed by atoms with van der Waals surface area (Å²) in [4.78, 5) is 2.11. The number of nitrogens with one attached hydrogen (secondary N) is 1. The average Bonchev–Trinajstić information content (AvgIpc) is 1.79. The first kappa shape index (κ1) is 9.88. The molecule has 0 unspecified atom stereocenters. The highest BCUT2D eigenvalue weighted by Gasteiger charge is 1.93. The lowest BCUT2D eigenvalue weighted by molar-refractivity contribution is 0.190. The quantitative estimate of drug-likeness (QED) is 0.514. The second-order valence-corrected chi connectivity index (χ2v) is 2.86. The monoisotopic (exact) mass is 146 g/mol. The van der Waals surface area contributed by atoms with Crippen molar-refractivity contribution in [2.24, 2.45) is 0 Å². The molecule has 0 aliphatic heterocycles. The molecule has 2 N–H and O–H groups in total. The number of hydrogen-bond donors (Lipinski definition) is 2. The zero-order chi connectivity index (χ0) is 7.98. The Hall–Kier alpha value is -0.120. The molecule has 0 saturated carbocycles. The maximum Gasteiger partial charge on any atom is 0.0636 e. The molecule has 0 aromatic heterocycles. The van der Waals surface area contributed by atoms with Gasteiger partial charge in [-0.1, -0.05) is 0 Å². The van der Waals surface area contributed by atoms with E-state index in [1.165, 1.54) is 0 Å². The fourth-order valence-corrected chi connectivity index (χ4v) is 0.614. The maximum absolute atomic E-state index is 8.84. The van der Waals surface area contributed by atoms with Crippen LogP contribution in [0.15, 0.2) is 0 Å². The molecule has 0 rings (SSSR count). The van der Waals surface area contributed by atoms with E-state index in [1.54, 1.807) is 6.92 Å². The summed E-state index contributed by atoms with van der Waals surface area (Å²) in [7, 11) is 4.06. The Morgan fingerprint density at radius 1 is 1.50 bits per heavy atom. The summed E-state index contributed by atoms with van der Waals surface area (Å²) < 4.78 is 0. The molecule has 0 heterocycles. The Morgan fingerprint density at radius 3 is 2.50 bits per heavy atom. The van der Waals surface area contributed by atoms with Gasteiger partial charge in [0.05, 0.1) is 6.10 Å². The average molecular weight is 146 g/mol. The smallest absolute Gasteiger partial charge is 0.0636 e. The molecule has 0 aliphatic rings. The van der Waals surface area contributed by atoms with Crippen molar-refractivity contribution >= 4 is 0 Å². The fourth-order valence-electron chi connectivity index (χ4n) is 0.614.